The van der Waals surface area contributed by atoms with Crippen molar-refractivity contribution in [1.82, 2.24) is 25.2 Å². The average molecular weight is 332 g/mol. The van der Waals surface area contributed by atoms with Crippen LogP contribution in [0.25, 0.3) is 16.7 Å². The molecular formula is C18H16N6O. The number of rotatable bonds is 5. The molecule has 2 heterocycles. The van der Waals surface area contributed by atoms with E-state index in [1.54, 1.807) is 23.0 Å². The van der Waals surface area contributed by atoms with Gasteiger partial charge >= 0.3 is 0 Å². The number of phenols is 1. The molecule has 2 aromatic carbocycles. The fraction of sp³-hybridized carbons (Fsp3) is 0.111. The number of phenolic OH excluding ortho intramolecular Hbond substituents is 1. The van der Waals surface area contributed by atoms with Gasteiger partial charge in [-0.2, -0.15) is 5.10 Å². The molecule has 0 aliphatic heterocycles. The molecule has 2 aromatic heterocycles. The van der Waals surface area contributed by atoms with Crippen LogP contribution in [-0.4, -0.2) is 36.8 Å². The Kier molecular flexibility index (Phi) is 3.96. The first-order valence-electron chi connectivity index (χ1n) is 7.95. The molecule has 4 rings (SSSR count). The predicted molar refractivity (Wildman–Crippen MR) is 94.8 cm³/mol. The second kappa shape index (κ2) is 6.56. The molecule has 0 saturated heterocycles. The normalized spacial score (nSPS) is 10.9. The van der Waals surface area contributed by atoms with E-state index in [4.69, 9.17) is 0 Å². The van der Waals surface area contributed by atoms with Crippen molar-refractivity contribution in [2.45, 2.75) is 6.42 Å². The smallest absolute Gasteiger partial charge is 0.190 e. The summed E-state index contributed by atoms with van der Waals surface area (Å²) in [6.45, 7) is 0.690. The Morgan fingerprint density at radius 3 is 2.56 bits per heavy atom. The standard InChI is InChI=1S/C18H16N6O/c25-15-8-6-13(7-9-15)10-11-19-17-16-12-20-24(18(16)22-23-21-17)14-4-2-1-3-5-14/h1-9,12,25H,10-11H2,(H,19,21,22). The van der Waals surface area contributed by atoms with Gasteiger partial charge in [0, 0.05) is 6.54 Å². The molecule has 0 atom stereocenters. The first-order valence-corrected chi connectivity index (χ1v) is 7.95. The number of anilines is 1. The molecule has 0 unspecified atom stereocenters. The van der Waals surface area contributed by atoms with E-state index in [2.05, 4.69) is 25.8 Å². The van der Waals surface area contributed by atoms with E-state index >= 15 is 0 Å². The van der Waals surface area contributed by atoms with Crippen LogP contribution in [0, 0.1) is 0 Å². The summed E-state index contributed by atoms with van der Waals surface area (Å²) >= 11 is 0. The number of benzene rings is 2. The van der Waals surface area contributed by atoms with Crippen LogP contribution in [0.5, 0.6) is 5.75 Å². The highest BCUT2D eigenvalue weighted by Crippen LogP contribution is 2.20. The van der Waals surface area contributed by atoms with Gasteiger partial charge in [-0.1, -0.05) is 30.3 Å². The minimum absolute atomic E-state index is 0.270. The monoisotopic (exact) mass is 332 g/mol. The number of fused-ring (bicyclic) bond motifs is 1. The van der Waals surface area contributed by atoms with E-state index in [0.717, 1.165) is 23.1 Å². The van der Waals surface area contributed by atoms with Gasteiger partial charge in [0.05, 0.1) is 17.3 Å². The molecule has 0 aliphatic carbocycles. The number of aromatic nitrogens is 5. The summed E-state index contributed by atoms with van der Waals surface area (Å²) in [6, 6.07) is 17.0. The van der Waals surface area contributed by atoms with E-state index in [1.807, 2.05) is 42.5 Å². The van der Waals surface area contributed by atoms with Crippen molar-refractivity contribution in [1.29, 1.82) is 0 Å². The Morgan fingerprint density at radius 1 is 0.960 bits per heavy atom. The highest BCUT2D eigenvalue weighted by molar-refractivity contribution is 5.86. The maximum atomic E-state index is 9.32. The molecule has 2 N–H and O–H groups in total. The number of nitrogens with one attached hydrogen (secondary N) is 1. The number of hydrogen-bond acceptors (Lipinski definition) is 6. The molecule has 4 aromatic rings. The van der Waals surface area contributed by atoms with Crippen LogP contribution in [0.3, 0.4) is 0 Å². The molecule has 124 valence electrons. The lowest BCUT2D eigenvalue weighted by atomic mass is 10.1. The van der Waals surface area contributed by atoms with E-state index in [1.165, 1.54) is 0 Å². The van der Waals surface area contributed by atoms with Crippen LogP contribution in [0.1, 0.15) is 5.56 Å². The molecule has 0 radical (unpaired) electrons. The van der Waals surface area contributed by atoms with E-state index in [-0.39, 0.29) is 5.75 Å². The van der Waals surface area contributed by atoms with Crippen molar-refractivity contribution < 1.29 is 5.11 Å². The van der Waals surface area contributed by atoms with Crippen molar-refractivity contribution >= 4 is 16.9 Å². The SMILES string of the molecule is Oc1ccc(CCNc2nnnc3c2cnn3-c2ccccc2)cc1. The highest BCUT2D eigenvalue weighted by atomic mass is 16.3. The predicted octanol–water partition coefficient (Wildman–Crippen LogP) is 2.57. The third-order valence-corrected chi connectivity index (χ3v) is 3.93. The second-order valence-electron chi connectivity index (χ2n) is 5.61. The number of aromatic hydroxyl groups is 1. The zero-order valence-electron chi connectivity index (χ0n) is 13.4. The van der Waals surface area contributed by atoms with Gasteiger partial charge in [-0.05, 0) is 41.5 Å². The fourth-order valence-corrected chi connectivity index (χ4v) is 2.65. The summed E-state index contributed by atoms with van der Waals surface area (Å²) in [5.41, 5.74) is 2.71. The molecule has 0 spiro atoms. The fourth-order valence-electron chi connectivity index (χ4n) is 2.65. The molecule has 0 aliphatic rings. The van der Waals surface area contributed by atoms with Crippen LogP contribution in [0.15, 0.2) is 60.8 Å². The van der Waals surface area contributed by atoms with Gasteiger partial charge in [-0.3, -0.25) is 0 Å². The summed E-state index contributed by atoms with van der Waals surface area (Å²) in [4.78, 5) is 0. The van der Waals surface area contributed by atoms with Gasteiger partial charge in [0.15, 0.2) is 11.5 Å². The minimum atomic E-state index is 0.270. The quantitative estimate of drug-likeness (QED) is 0.584. The first-order chi connectivity index (χ1) is 12.3. The Balaban J connectivity index is 1.54. The van der Waals surface area contributed by atoms with Gasteiger partial charge in [0.25, 0.3) is 0 Å². The molecule has 7 heteroatoms. The number of para-hydroxylation sites is 1. The van der Waals surface area contributed by atoms with Crippen molar-refractivity contribution in [2.75, 3.05) is 11.9 Å². The molecule has 0 bridgehead atoms. The lowest BCUT2D eigenvalue weighted by molar-refractivity contribution is 0.475. The molecule has 7 nitrogen and oxygen atoms in total. The number of hydrogen-bond donors (Lipinski definition) is 2. The Hall–Kier alpha value is -3.48. The summed E-state index contributed by atoms with van der Waals surface area (Å²) < 4.78 is 1.75. The Morgan fingerprint density at radius 2 is 1.76 bits per heavy atom. The molecular weight excluding hydrogens is 316 g/mol. The maximum absolute atomic E-state index is 9.32. The van der Waals surface area contributed by atoms with Gasteiger partial charge in [0.1, 0.15) is 5.75 Å². The van der Waals surface area contributed by atoms with Crippen LogP contribution in [-0.2, 0) is 6.42 Å². The van der Waals surface area contributed by atoms with E-state index < -0.39 is 0 Å². The zero-order valence-corrected chi connectivity index (χ0v) is 13.4. The Labute approximate surface area is 144 Å². The van der Waals surface area contributed by atoms with Crippen LogP contribution in [0.4, 0.5) is 5.82 Å². The van der Waals surface area contributed by atoms with Gasteiger partial charge in [0.2, 0.25) is 0 Å². The largest absolute Gasteiger partial charge is 0.508 e. The van der Waals surface area contributed by atoms with E-state index in [0.29, 0.717) is 18.0 Å². The summed E-state index contributed by atoms with van der Waals surface area (Å²) in [5.74, 6) is 0.928. The third-order valence-electron chi connectivity index (χ3n) is 3.93. The Bertz CT molecular complexity index is 982. The highest BCUT2D eigenvalue weighted by Gasteiger charge is 2.11. The van der Waals surface area contributed by atoms with Crippen LogP contribution < -0.4 is 5.32 Å². The zero-order chi connectivity index (χ0) is 17.1. The van der Waals surface area contributed by atoms with E-state index in [9.17, 15) is 5.11 Å². The molecule has 25 heavy (non-hydrogen) atoms. The second-order valence-corrected chi connectivity index (χ2v) is 5.61. The summed E-state index contributed by atoms with van der Waals surface area (Å²) in [5, 5.41) is 29.9. The topological polar surface area (TPSA) is 88.8 Å². The van der Waals surface area contributed by atoms with Crippen molar-refractivity contribution in [3.63, 3.8) is 0 Å². The van der Waals surface area contributed by atoms with Gasteiger partial charge < -0.3 is 10.4 Å². The molecule has 0 saturated carbocycles. The van der Waals surface area contributed by atoms with Crippen molar-refractivity contribution in [3.8, 4) is 11.4 Å². The third kappa shape index (κ3) is 3.12. The maximum Gasteiger partial charge on any atom is 0.190 e. The van der Waals surface area contributed by atoms with Gasteiger partial charge in [-0.15, -0.1) is 10.2 Å². The summed E-state index contributed by atoms with van der Waals surface area (Å²) in [7, 11) is 0. The van der Waals surface area contributed by atoms with Crippen molar-refractivity contribution in [3.05, 3.63) is 66.4 Å². The van der Waals surface area contributed by atoms with Crippen molar-refractivity contribution in [2.24, 2.45) is 0 Å². The lowest BCUT2D eigenvalue weighted by Crippen LogP contribution is -2.08. The first kappa shape index (κ1) is 15.1. The minimum Gasteiger partial charge on any atom is -0.508 e. The summed E-state index contributed by atoms with van der Waals surface area (Å²) in [6.07, 6.45) is 2.55. The lowest BCUT2D eigenvalue weighted by Gasteiger charge is -2.06. The molecule has 0 amide bonds. The number of nitrogens with zero attached hydrogens (tertiary/aromatic N) is 5. The average Bonchev–Trinajstić information content (AvgIpc) is 3.09. The van der Waals surface area contributed by atoms with Gasteiger partial charge in [-0.25, -0.2) is 4.68 Å². The molecule has 0 fully saturated rings. The van der Waals surface area contributed by atoms with Crippen LogP contribution in [0.2, 0.25) is 0 Å². The van der Waals surface area contributed by atoms with Crippen LogP contribution >= 0.6 is 0 Å².